The molecule has 1 aliphatic heterocycles. The summed E-state index contributed by atoms with van der Waals surface area (Å²) in [6, 6.07) is 0. The van der Waals surface area contributed by atoms with Crippen LogP contribution in [0.3, 0.4) is 0 Å². The van der Waals surface area contributed by atoms with Gasteiger partial charge in [0.05, 0.1) is 6.10 Å². The van der Waals surface area contributed by atoms with Gasteiger partial charge in [-0.25, -0.2) is 0 Å². The van der Waals surface area contributed by atoms with E-state index in [1.807, 2.05) is 0 Å². The Bertz CT molecular complexity index is 885. The van der Waals surface area contributed by atoms with E-state index < -0.39 is 0 Å². The first kappa shape index (κ1) is 24.1. The fourth-order valence-electron chi connectivity index (χ4n) is 7.88. The molecule has 6 nitrogen and oxygen atoms in total. The van der Waals surface area contributed by atoms with Crippen molar-refractivity contribution in [3.63, 3.8) is 0 Å². The summed E-state index contributed by atoms with van der Waals surface area (Å²) >= 11 is 0. The van der Waals surface area contributed by atoms with E-state index in [4.69, 9.17) is 18.9 Å². The molecular formula is C28H40O6. The number of hydrogen-bond donors (Lipinski definition) is 0. The minimum Gasteiger partial charge on any atom is -0.462 e. The Hall–Kier alpha value is -1.66. The van der Waals surface area contributed by atoms with Crippen LogP contribution in [0.5, 0.6) is 0 Å². The van der Waals surface area contributed by atoms with Crippen molar-refractivity contribution in [1.82, 2.24) is 0 Å². The minimum absolute atomic E-state index is 0.0544. The van der Waals surface area contributed by atoms with Gasteiger partial charge in [-0.3, -0.25) is 9.59 Å². The Labute approximate surface area is 203 Å². The fourth-order valence-corrected chi connectivity index (χ4v) is 7.88. The number of allylic oxidation sites excluding steroid dienone is 3. The fraction of sp³-hybridized carbons (Fsp3) is 0.786. The molecule has 0 aromatic rings. The van der Waals surface area contributed by atoms with Gasteiger partial charge < -0.3 is 18.9 Å². The van der Waals surface area contributed by atoms with Gasteiger partial charge in [-0.1, -0.05) is 37.1 Å². The summed E-state index contributed by atoms with van der Waals surface area (Å²) in [6.07, 6.45) is 13.1. The third kappa shape index (κ3) is 4.05. The predicted molar refractivity (Wildman–Crippen MR) is 127 cm³/mol. The molecule has 0 aromatic heterocycles. The number of ether oxygens (including phenoxy) is 4. The Morgan fingerprint density at radius 3 is 2.44 bits per heavy atom. The van der Waals surface area contributed by atoms with Crippen LogP contribution in [0.1, 0.15) is 85.5 Å². The SMILES string of the molecule is CC(=O)O[C@@H]1CC2=CC=C3[C@@H]4CC[C@H](OC5CCCCO5)[C@@]4(C)CC[C@@H]3[C@@]2(C)[C@@H](OC(C)=O)C1. The molecule has 6 heteroatoms. The smallest absolute Gasteiger partial charge is 0.302 e. The monoisotopic (exact) mass is 472 g/mol. The number of carbonyl (C=O) groups excluding carboxylic acids is 2. The Morgan fingerprint density at radius 1 is 0.941 bits per heavy atom. The average Bonchev–Trinajstić information content (AvgIpc) is 3.11. The molecule has 1 unspecified atom stereocenters. The summed E-state index contributed by atoms with van der Waals surface area (Å²) in [6.45, 7) is 8.42. The molecule has 0 radical (unpaired) electrons. The molecule has 3 saturated carbocycles. The molecule has 4 fully saturated rings. The van der Waals surface area contributed by atoms with Gasteiger partial charge >= 0.3 is 11.9 Å². The van der Waals surface area contributed by atoms with Crippen LogP contribution in [0.15, 0.2) is 23.3 Å². The summed E-state index contributed by atoms with van der Waals surface area (Å²) < 4.78 is 24.0. The van der Waals surface area contributed by atoms with Crippen LogP contribution in [0.4, 0.5) is 0 Å². The molecule has 5 aliphatic rings. The zero-order chi connectivity index (χ0) is 24.1. The highest BCUT2D eigenvalue weighted by molar-refractivity contribution is 5.67. The zero-order valence-electron chi connectivity index (χ0n) is 21.1. The molecule has 0 N–H and O–H groups in total. The van der Waals surface area contributed by atoms with E-state index in [2.05, 4.69) is 26.0 Å². The van der Waals surface area contributed by atoms with Gasteiger partial charge in [0.2, 0.25) is 0 Å². The quantitative estimate of drug-likeness (QED) is 0.520. The maximum Gasteiger partial charge on any atom is 0.302 e. The third-order valence-corrected chi connectivity index (χ3v) is 9.61. The number of fused-ring (bicyclic) bond motifs is 5. The van der Waals surface area contributed by atoms with Gasteiger partial charge in [-0.2, -0.15) is 0 Å². The molecule has 1 heterocycles. The Morgan fingerprint density at radius 2 is 1.74 bits per heavy atom. The van der Waals surface area contributed by atoms with E-state index in [0.29, 0.717) is 24.7 Å². The van der Waals surface area contributed by atoms with Crippen LogP contribution in [0.2, 0.25) is 0 Å². The lowest BCUT2D eigenvalue weighted by atomic mass is 9.50. The molecule has 188 valence electrons. The van der Waals surface area contributed by atoms with Gasteiger partial charge in [0.15, 0.2) is 6.29 Å². The lowest BCUT2D eigenvalue weighted by Gasteiger charge is -2.56. The average molecular weight is 473 g/mol. The molecule has 4 aliphatic carbocycles. The molecule has 1 saturated heterocycles. The second-order valence-electron chi connectivity index (χ2n) is 11.6. The molecule has 34 heavy (non-hydrogen) atoms. The van der Waals surface area contributed by atoms with E-state index in [9.17, 15) is 9.59 Å². The molecule has 5 rings (SSSR count). The van der Waals surface area contributed by atoms with Gasteiger partial charge in [0, 0.05) is 44.1 Å². The lowest BCUT2D eigenvalue weighted by molar-refractivity contribution is -0.210. The second-order valence-corrected chi connectivity index (χ2v) is 11.6. The Balaban J connectivity index is 1.42. The zero-order valence-corrected chi connectivity index (χ0v) is 21.1. The van der Waals surface area contributed by atoms with Gasteiger partial charge in [0.1, 0.15) is 12.2 Å². The Kier molecular flexibility index (Phi) is 6.43. The molecular weight excluding hydrogens is 432 g/mol. The highest BCUT2D eigenvalue weighted by Gasteiger charge is 2.60. The summed E-state index contributed by atoms with van der Waals surface area (Å²) in [5, 5.41) is 0. The van der Waals surface area contributed by atoms with Crippen molar-refractivity contribution < 1.29 is 28.5 Å². The van der Waals surface area contributed by atoms with E-state index in [1.165, 1.54) is 31.4 Å². The lowest BCUT2D eigenvalue weighted by Crippen LogP contribution is -2.54. The number of esters is 2. The highest BCUT2D eigenvalue weighted by atomic mass is 16.7. The van der Waals surface area contributed by atoms with Crippen molar-refractivity contribution in [2.45, 2.75) is 110 Å². The standard InChI is InChI=1S/C28H40O6/c1-17(29)32-20-15-19-8-9-21-22-10-11-24(34-26-7-5-6-14-31-26)27(22,3)13-12-23(21)28(19,4)25(16-20)33-18(2)30/h8-9,20,22-26H,5-7,10-16H2,1-4H3/t20-,22+,23+,24+,25+,26?,27+,28+/m1/s1. The van der Waals surface area contributed by atoms with Crippen LogP contribution in [0.25, 0.3) is 0 Å². The van der Waals surface area contributed by atoms with E-state index in [-0.39, 0.29) is 47.4 Å². The van der Waals surface area contributed by atoms with Crippen molar-refractivity contribution in [1.29, 1.82) is 0 Å². The van der Waals surface area contributed by atoms with Crippen molar-refractivity contribution in [3.8, 4) is 0 Å². The summed E-state index contributed by atoms with van der Waals surface area (Å²) in [5.41, 5.74) is 2.59. The van der Waals surface area contributed by atoms with Crippen molar-refractivity contribution in [2.75, 3.05) is 6.61 Å². The van der Waals surface area contributed by atoms with Crippen molar-refractivity contribution in [2.24, 2.45) is 22.7 Å². The van der Waals surface area contributed by atoms with Crippen molar-refractivity contribution >= 4 is 11.9 Å². The van der Waals surface area contributed by atoms with Crippen LogP contribution >= 0.6 is 0 Å². The van der Waals surface area contributed by atoms with Crippen LogP contribution in [-0.2, 0) is 28.5 Å². The van der Waals surface area contributed by atoms with E-state index in [1.54, 1.807) is 0 Å². The number of carbonyl (C=O) groups is 2. The maximum atomic E-state index is 12.1. The largest absolute Gasteiger partial charge is 0.462 e. The molecule has 8 atom stereocenters. The number of rotatable bonds is 4. The normalized spacial score (nSPS) is 43.5. The van der Waals surface area contributed by atoms with Crippen LogP contribution in [0, 0.1) is 22.7 Å². The van der Waals surface area contributed by atoms with Crippen LogP contribution < -0.4 is 0 Å². The van der Waals surface area contributed by atoms with Gasteiger partial charge in [-0.05, 0) is 56.8 Å². The topological polar surface area (TPSA) is 71.1 Å². The maximum absolute atomic E-state index is 12.1. The predicted octanol–water partition coefficient (Wildman–Crippen LogP) is 5.25. The number of hydrogen-bond acceptors (Lipinski definition) is 6. The second kappa shape index (κ2) is 9.09. The molecule has 0 aromatic carbocycles. The van der Waals surface area contributed by atoms with Crippen molar-refractivity contribution in [3.05, 3.63) is 23.3 Å². The first-order valence-corrected chi connectivity index (χ1v) is 13.2. The first-order valence-electron chi connectivity index (χ1n) is 13.2. The van der Waals surface area contributed by atoms with Gasteiger partial charge in [0.25, 0.3) is 0 Å². The molecule has 0 amide bonds. The molecule has 0 bridgehead atoms. The van der Waals surface area contributed by atoms with E-state index in [0.717, 1.165) is 45.1 Å². The van der Waals surface area contributed by atoms with E-state index >= 15 is 0 Å². The highest BCUT2D eigenvalue weighted by Crippen LogP contribution is 2.64. The first-order chi connectivity index (χ1) is 16.2. The summed E-state index contributed by atoms with van der Waals surface area (Å²) in [7, 11) is 0. The van der Waals surface area contributed by atoms with Gasteiger partial charge in [-0.15, -0.1) is 0 Å². The van der Waals surface area contributed by atoms with Crippen LogP contribution in [-0.4, -0.2) is 43.1 Å². The minimum atomic E-state index is -0.295. The summed E-state index contributed by atoms with van der Waals surface area (Å²) in [4.78, 5) is 23.8. The molecule has 0 spiro atoms. The third-order valence-electron chi connectivity index (χ3n) is 9.61. The summed E-state index contributed by atoms with van der Waals surface area (Å²) in [5.74, 6) is 0.249.